The maximum Gasteiger partial charge on any atom is 0.253 e. The molecule has 2 heterocycles. The molecule has 0 radical (unpaired) electrons. The molecule has 1 aliphatic rings. The van der Waals surface area contributed by atoms with Crippen molar-refractivity contribution in [3.63, 3.8) is 0 Å². The molecule has 1 amide bonds. The maximum atomic E-state index is 13.0. The fourth-order valence-electron chi connectivity index (χ4n) is 3.67. The van der Waals surface area contributed by atoms with Crippen LogP contribution in [-0.2, 0) is 0 Å². The molecule has 4 nitrogen and oxygen atoms in total. The second-order valence-corrected chi connectivity index (χ2v) is 7.39. The Labute approximate surface area is 153 Å². The number of likely N-dealkylation sites (tertiary alicyclic amines) is 1. The number of piperidine rings is 1. The molecule has 26 heavy (non-hydrogen) atoms. The molecule has 134 valence electrons. The first-order valence-corrected chi connectivity index (χ1v) is 9.36. The van der Waals surface area contributed by atoms with E-state index in [4.69, 9.17) is 4.42 Å². The van der Waals surface area contributed by atoms with E-state index in [0.29, 0.717) is 17.4 Å². The van der Waals surface area contributed by atoms with Crippen molar-refractivity contribution in [2.24, 2.45) is 0 Å². The van der Waals surface area contributed by atoms with E-state index in [0.717, 1.165) is 37.0 Å². The van der Waals surface area contributed by atoms with Crippen LogP contribution in [0.5, 0.6) is 0 Å². The molecule has 3 aromatic rings. The van der Waals surface area contributed by atoms with Gasteiger partial charge in [0.2, 0.25) is 0 Å². The second kappa shape index (κ2) is 6.94. The molecule has 1 aromatic heterocycles. The number of amides is 1. The summed E-state index contributed by atoms with van der Waals surface area (Å²) in [6, 6.07) is 16.1. The lowest BCUT2D eigenvalue weighted by molar-refractivity contribution is 0.0707. The van der Waals surface area contributed by atoms with Crippen molar-refractivity contribution in [1.82, 2.24) is 9.88 Å². The van der Waals surface area contributed by atoms with Crippen LogP contribution in [0.15, 0.2) is 52.9 Å². The number of hydrogen-bond acceptors (Lipinski definition) is 3. The maximum absolute atomic E-state index is 13.0. The van der Waals surface area contributed by atoms with Crippen molar-refractivity contribution in [3.8, 4) is 0 Å². The van der Waals surface area contributed by atoms with Gasteiger partial charge < -0.3 is 9.32 Å². The number of carbonyl (C=O) groups excluding carboxylic acids is 1. The average Bonchev–Trinajstić information content (AvgIpc) is 3.12. The third-order valence-electron chi connectivity index (χ3n) is 5.12. The van der Waals surface area contributed by atoms with Crippen LogP contribution in [0, 0.1) is 0 Å². The molecule has 0 spiro atoms. The number of nitrogens with zero attached hydrogens (tertiary/aromatic N) is 2. The van der Waals surface area contributed by atoms with Crippen molar-refractivity contribution in [1.29, 1.82) is 0 Å². The molecule has 4 rings (SSSR count). The molecule has 1 fully saturated rings. The van der Waals surface area contributed by atoms with Gasteiger partial charge in [-0.1, -0.05) is 44.2 Å². The quantitative estimate of drug-likeness (QED) is 0.671. The van der Waals surface area contributed by atoms with Crippen LogP contribution in [0.2, 0.25) is 0 Å². The Hall–Kier alpha value is -2.62. The number of hydrogen-bond donors (Lipinski definition) is 0. The summed E-state index contributed by atoms with van der Waals surface area (Å²) in [5.41, 5.74) is 3.51. The SMILES string of the molecule is CC(C)c1nc2cc(C(=O)N3CCCC(c4ccccc4)C3)ccc2o1. The van der Waals surface area contributed by atoms with Crippen LogP contribution in [0.4, 0.5) is 0 Å². The highest BCUT2D eigenvalue weighted by atomic mass is 16.3. The highest BCUT2D eigenvalue weighted by Crippen LogP contribution is 2.28. The molecule has 1 unspecified atom stereocenters. The van der Waals surface area contributed by atoms with Gasteiger partial charge >= 0.3 is 0 Å². The predicted octanol–water partition coefficient (Wildman–Crippen LogP) is 4.97. The summed E-state index contributed by atoms with van der Waals surface area (Å²) in [4.78, 5) is 19.5. The van der Waals surface area contributed by atoms with Gasteiger partial charge in [-0.15, -0.1) is 0 Å². The van der Waals surface area contributed by atoms with Crippen molar-refractivity contribution >= 4 is 17.0 Å². The Morgan fingerprint density at radius 2 is 2.00 bits per heavy atom. The molecule has 0 N–H and O–H groups in total. The summed E-state index contributed by atoms with van der Waals surface area (Å²) in [7, 11) is 0. The van der Waals surface area contributed by atoms with Gasteiger partial charge in [0.15, 0.2) is 11.5 Å². The van der Waals surface area contributed by atoms with E-state index in [1.807, 2.05) is 43.0 Å². The van der Waals surface area contributed by atoms with Crippen LogP contribution in [0.3, 0.4) is 0 Å². The third kappa shape index (κ3) is 3.24. The molecule has 4 heteroatoms. The monoisotopic (exact) mass is 348 g/mol. The molecular formula is C22H24N2O2. The number of rotatable bonds is 3. The minimum Gasteiger partial charge on any atom is -0.440 e. The van der Waals surface area contributed by atoms with Crippen LogP contribution in [0.25, 0.3) is 11.1 Å². The van der Waals surface area contributed by atoms with E-state index in [9.17, 15) is 4.79 Å². The number of aromatic nitrogens is 1. The molecule has 2 aromatic carbocycles. The number of benzene rings is 2. The lowest BCUT2D eigenvalue weighted by atomic mass is 9.90. The van der Waals surface area contributed by atoms with Crippen LogP contribution < -0.4 is 0 Å². The Bertz CT molecular complexity index is 914. The summed E-state index contributed by atoms with van der Waals surface area (Å²) < 4.78 is 5.75. The zero-order valence-corrected chi connectivity index (χ0v) is 15.3. The lowest BCUT2D eigenvalue weighted by Crippen LogP contribution is -2.39. The minimum atomic E-state index is 0.0848. The average molecular weight is 348 g/mol. The van der Waals surface area contributed by atoms with E-state index < -0.39 is 0 Å². The zero-order valence-electron chi connectivity index (χ0n) is 15.3. The van der Waals surface area contributed by atoms with E-state index in [2.05, 4.69) is 29.2 Å². The van der Waals surface area contributed by atoms with Gasteiger partial charge in [-0.3, -0.25) is 4.79 Å². The first-order chi connectivity index (χ1) is 12.6. The Morgan fingerprint density at radius 3 is 2.77 bits per heavy atom. The smallest absolute Gasteiger partial charge is 0.253 e. The zero-order chi connectivity index (χ0) is 18.1. The topological polar surface area (TPSA) is 46.3 Å². The highest BCUT2D eigenvalue weighted by molar-refractivity contribution is 5.97. The van der Waals surface area contributed by atoms with Crippen molar-refractivity contribution in [2.75, 3.05) is 13.1 Å². The summed E-state index contributed by atoms with van der Waals surface area (Å²) in [5.74, 6) is 1.45. The normalized spacial score (nSPS) is 17.8. The first-order valence-electron chi connectivity index (χ1n) is 9.36. The lowest BCUT2D eigenvalue weighted by Gasteiger charge is -2.33. The summed E-state index contributed by atoms with van der Waals surface area (Å²) in [6.45, 7) is 5.69. The van der Waals surface area contributed by atoms with Crippen molar-refractivity contribution in [2.45, 2.75) is 38.5 Å². The van der Waals surface area contributed by atoms with Gasteiger partial charge in [-0.2, -0.15) is 0 Å². The molecule has 0 aliphatic carbocycles. The summed E-state index contributed by atoms with van der Waals surface area (Å²) in [5, 5.41) is 0. The summed E-state index contributed by atoms with van der Waals surface area (Å²) in [6.07, 6.45) is 2.17. The Balaban J connectivity index is 1.55. The van der Waals surface area contributed by atoms with Gasteiger partial charge in [0.05, 0.1) is 0 Å². The van der Waals surface area contributed by atoms with E-state index >= 15 is 0 Å². The number of fused-ring (bicyclic) bond motifs is 1. The third-order valence-corrected chi connectivity index (χ3v) is 5.12. The van der Waals surface area contributed by atoms with Crippen molar-refractivity contribution in [3.05, 3.63) is 65.5 Å². The largest absolute Gasteiger partial charge is 0.440 e. The summed E-state index contributed by atoms with van der Waals surface area (Å²) >= 11 is 0. The molecule has 1 saturated heterocycles. The van der Waals surface area contributed by atoms with E-state index in [1.165, 1.54) is 5.56 Å². The Morgan fingerprint density at radius 1 is 1.19 bits per heavy atom. The van der Waals surface area contributed by atoms with Gasteiger partial charge in [0, 0.05) is 30.5 Å². The standard InChI is InChI=1S/C22H24N2O2/c1-15(2)21-23-19-13-17(10-11-20(19)26-21)22(25)24-12-6-9-18(14-24)16-7-4-3-5-8-16/h3-5,7-8,10-11,13,15,18H,6,9,12,14H2,1-2H3. The molecule has 1 aliphatic heterocycles. The number of oxazole rings is 1. The molecular weight excluding hydrogens is 324 g/mol. The fourth-order valence-corrected chi connectivity index (χ4v) is 3.67. The Kier molecular flexibility index (Phi) is 4.49. The highest BCUT2D eigenvalue weighted by Gasteiger charge is 2.25. The van der Waals surface area contributed by atoms with Gasteiger partial charge in [0.1, 0.15) is 5.52 Å². The number of carbonyl (C=O) groups is 1. The van der Waals surface area contributed by atoms with Crippen LogP contribution >= 0.6 is 0 Å². The molecule has 1 atom stereocenters. The van der Waals surface area contributed by atoms with Crippen LogP contribution in [0.1, 0.15) is 60.3 Å². The van der Waals surface area contributed by atoms with Gasteiger partial charge in [-0.25, -0.2) is 4.98 Å². The fraction of sp³-hybridized carbons (Fsp3) is 0.364. The molecule has 0 bridgehead atoms. The second-order valence-electron chi connectivity index (χ2n) is 7.39. The van der Waals surface area contributed by atoms with Gasteiger partial charge in [0.25, 0.3) is 5.91 Å². The predicted molar refractivity (Wildman–Crippen MR) is 102 cm³/mol. The van der Waals surface area contributed by atoms with Crippen LogP contribution in [-0.4, -0.2) is 28.9 Å². The van der Waals surface area contributed by atoms with E-state index in [-0.39, 0.29) is 11.8 Å². The van der Waals surface area contributed by atoms with E-state index in [1.54, 1.807) is 0 Å². The minimum absolute atomic E-state index is 0.0848. The van der Waals surface area contributed by atoms with Gasteiger partial charge in [-0.05, 0) is 36.6 Å². The molecule has 0 saturated carbocycles. The first kappa shape index (κ1) is 16.8. The van der Waals surface area contributed by atoms with Crippen molar-refractivity contribution < 1.29 is 9.21 Å².